The predicted molar refractivity (Wildman–Crippen MR) is 273 cm³/mol. The van der Waals surface area contributed by atoms with E-state index in [0.29, 0.717) is 23.3 Å². The van der Waals surface area contributed by atoms with Gasteiger partial charge in [0.15, 0.2) is 23.3 Å². The maximum absolute atomic E-state index is 6.31. The van der Waals surface area contributed by atoms with Crippen molar-refractivity contribution < 1.29 is 8.83 Å². The summed E-state index contributed by atoms with van der Waals surface area (Å²) in [5.41, 5.74) is 14.7. The SMILES string of the molecule is c1ccc(-c2ccc(-c3cc(-c4cccc(-c5cccc(-c6nc(-c7ccc8c(c7)oc7ccccc78)nc(-c7ccc8c(c7)oc7ccccc78)n6)c5)c4)nc(-c4ccccc4)n3)cc2)cc1. The molecule has 0 unspecified atom stereocenters. The molecule has 0 saturated heterocycles. The Kier molecular flexibility index (Phi) is 9.35. The number of para-hydroxylation sites is 2. The average Bonchev–Trinajstić information content (AvgIpc) is 3.99. The van der Waals surface area contributed by atoms with Crippen LogP contribution in [0, 0.1) is 0 Å². The van der Waals surface area contributed by atoms with E-state index in [9.17, 15) is 0 Å². The normalized spacial score (nSPS) is 11.5. The van der Waals surface area contributed by atoms with E-state index in [-0.39, 0.29) is 0 Å². The molecular weight excluding hydrogens is 835 g/mol. The second kappa shape index (κ2) is 16.3. The predicted octanol–water partition coefficient (Wildman–Crippen LogP) is 15.8. The summed E-state index contributed by atoms with van der Waals surface area (Å²) < 4.78 is 12.6. The Balaban J connectivity index is 0.902. The van der Waals surface area contributed by atoms with Crippen molar-refractivity contribution in [3.8, 4) is 90.3 Å². The van der Waals surface area contributed by atoms with Gasteiger partial charge in [-0.1, -0.05) is 170 Å². The summed E-state index contributed by atoms with van der Waals surface area (Å²) in [6, 6.07) is 76.6. The summed E-state index contributed by atoms with van der Waals surface area (Å²) in [6.07, 6.45) is 0. The largest absolute Gasteiger partial charge is 0.456 e. The average molecular weight is 872 g/mol. The van der Waals surface area contributed by atoms with Crippen LogP contribution < -0.4 is 0 Å². The summed E-state index contributed by atoms with van der Waals surface area (Å²) in [6.45, 7) is 0. The van der Waals surface area contributed by atoms with Crippen LogP contribution in [0.5, 0.6) is 0 Å². The van der Waals surface area contributed by atoms with Gasteiger partial charge in [0, 0.05) is 54.9 Å². The van der Waals surface area contributed by atoms with E-state index in [0.717, 1.165) is 105 Å². The maximum atomic E-state index is 6.31. The lowest BCUT2D eigenvalue weighted by molar-refractivity contribution is 0.668. The van der Waals surface area contributed by atoms with E-state index in [4.69, 9.17) is 33.8 Å². The lowest BCUT2D eigenvalue weighted by Gasteiger charge is -2.12. The monoisotopic (exact) mass is 871 g/mol. The number of fused-ring (bicyclic) bond motifs is 6. The Morgan fingerprint density at radius 2 is 0.574 bits per heavy atom. The zero-order chi connectivity index (χ0) is 45.0. The molecule has 0 amide bonds. The first-order valence-corrected chi connectivity index (χ1v) is 22.5. The third-order valence-electron chi connectivity index (χ3n) is 12.6. The Morgan fingerprint density at radius 1 is 0.206 bits per heavy atom. The highest BCUT2D eigenvalue weighted by molar-refractivity contribution is 6.07. The molecule has 0 aliphatic heterocycles. The quantitative estimate of drug-likeness (QED) is 0.150. The molecule has 7 nitrogen and oxygen atoms in total. The van der Waals surface area contributed by atoms with Crippen LogP contribution in [0.4, 0.5) is 0 Å². The highest BCUT2D eigenvalue weighted by Crippen LogP contribution is 2.37. The van der Waals surface area contributed by atoms with Crippen molar-refractivity contribution in [1.82, 2.24) is 24.9 Å². The number of benzene rings is 9. The minimum absolute atomic E-state index is 0.535. The van der Waals surface area contributed by atoms with Crippen molar-refractivity contribution in [1.29, 1.82) is 0 Å². The van der Waals surface area contributed by atoms with E-state index in [2.05, 4.69) is 146 Å². The van der Waals surface area contributed by atoms with Crippen LogP contribution in [-0.2, 0) is 0 Å². The number of hydrogen-bond acceptors (Lipinski definition) is 7. The number of hydrogen-bond donors (Lipinski definition) is 0. The highest BCUT2D eigenvalue weighted by Gasteiger charge is 2.18. The van der Waals surface area contributed by atoms with Gasteiger partial charge < -0.3 is 8.83 Å². The second-order valence-corrected chi connectivity index (χ2v) is 16.9. The smallest absolute Gasteiger partial charge is 0.164 e. The molecular formula is C61H37N5O2. The van der Waals surface area contributed by atoms with Crippen molar-refractivity contribution in [3.63, 3.8) is 0 Å². The molecule has 0 fully saturated rings. The summed E-state index contributed by atoms with van der Waals surface area (Å²) in [5.74, 6) is 2.28. The highest BCUT2D eigenvalue weighted by atomic mass is 16.3. The Bertz CT molecular complexity index is 3900. The van der Waals surface area contributed by atoms with Gasteiger partial charge in [0.05, 0.1) is 11.4 Å². The number of aromatic nitrogens is 5. The molecule has 9 aromatic carbocycles. The fraction of sp³-hybridized carbons (Fsp3) is 0. The van der Waals surface area contributed by atoms with Gasteiger partial charge in [-0.15, -0.1) is 0 Å². The molecule has 13 rings (SSSR count). The molecule has 0 aliphatic carbocycles. The summed E-state index contributed by atoms with van der Waals surface area (Å²) in [7, 11) is 0. The first-order chi connectivity index (χ1) is 33.6. The number of nitrogens with zero attached hydrogens (tertiary/aromatic N) is 5. The summed E-state index contributed by atoms with van der Waals surface area (Å²) >= 11 is 0. The third-order valence-corrected chi connectivity index (χ3v) is 12.6. The van der Waals surface area contributed by atoms with Gasteiger partial charge in [-0.3, -0.25) is 0 Å². The lowest BCUT2D eigenvalue weighted by Crippen LogP contribution is -2.00. The van der Waals surface area contributed by atoms with Gasteiger partial charge in [0.1, 0.15) is 22.3 Å². The molecule has 0 saturated carbocycles. The minimum Gasteiger partial charge on any atom is -0.456 e. The molecule has 318 valence electrons. The zero-order valence-corrected chi connectivity index (χ0v) is 36.4. The zero-order valence-electron chi connectivity index (χ0n) is 36.4. The molecule has 0 atom stereocenters. The molecule has 0 radical (unpaired) electrons. The fourth-order valence-corrected chi connectivity index (χ4v) is 9.11. The first-order valence-electron chi connectivity index (χ1n) is 22.5. The maximum Gasteiger partial charge on any atom is 0.164 e. The van der Waals surface area contributed by atoms with Crippen LogP contribution in [-0.4, -0.2) is 24.9 Å². The van der Waals surface area contributed by atoms with Crippen LogP contribution in [0.1, 0.15) is 0 Å². The van der Waals surface area contributed by atoms with Crippen LogP contribution >= 0.6 is 0 Å². The fourth-order valence-electron chi connectivity index (χ4n) is 9.11. The molecule has 0 bridgehead atoms. The van der Waals surface area contributed by atoms with Gasteiger partial charge in [-0.25, -0.2) is 24.9 Å². The van der Waals surface area contributed by atoms with Crippen molar-refractivity contribution in [3.05, 3.63) is 224 Å². The Labute approximate surface area is 390 Å². The van der Waals surface area contributed by atoms with Gasteiger partial charge in [-0.05, 0) is 76.9 Å². The van der Waals surface area contributed by atoms with Gasteiger partial charge in [-0.2, -0.15) is 0 Å². The standard InChI is InChI=1S/C61H37N5O2/c1-3-13-38(14-4-1)39-25-27-40(28-26-39)52-37-53(63-58(62-52)41-15-5-2-6-16-41)44-19-11-17-42(33-44)43-18-12-20-45(34-43)59-64-60(46-29-31-50-48-21-7-9-23-54(48)67-56(50)35-46)66-61(65-59)47-30-32-51-49-22-8-10-24-55(49)68-57(51)36-47/h1-37H. The van der Waals surface area contributed by atoms with Crippen molar-refractivity contribution in [2.75, 3.05) is 0 Å². The molecule has 0 aliphatic rings. The van der Waals surface area contributed by atoms with Gasteiger partial charge in [0.25, 0.3) is 0 Å². The van der Waals surface area contributed by atoms with E-state index in [1.54, 1.807) is 0 Å². The second-order valence-electron chi connectivity index (χ2n) is 16.9. The van der Waals surface area contributed by atoms with E-state index in [1.807, 2.05) is 78.9 Å². The topological polar surface area (TPSA) is 90.7 Å². The van der Waals surface area contributed by atoms with E-state index in [1.165, 1.54) is 5.56 Å². The van der Waals surface area contributed by atoms with Crippen molar-refractivity contribution >= 4 is 43.9 Å². The summed E-state index contributed by atoms with van der Waals surface area (Å²) in [5, 5.41) is 4.21. The van der Waals surface area contributed by atoms with Crippen LogP contribution in [0.3, 0.4) is 0 Å². The Morgan fingerprint density at radius 3 is 1.15 bits per heavy atom. The molecule has 0 spiro atoms. The van der Waals surface area contributed by atoms with Gasteiger partial charge in [0.2, 0.25) is 0 Å². The van der Waals surface area contributed by atoms with Crippen LogP contribution in [0.15, 0.2) is 233 Å². The van der Waals surface area contributed by atoms with Crippen LogP contribution in [0.25, 0.3) is 134 Å². The number of furan rings is 2. The molecule has 68 heavy (non-hydrogen) atoms. The van der Waals surface area contributed by atoms with Crippen molar-refractivity contribution in [2.24, 2.45) is 0 Å². The Hall–Kier alpha value is -9.33. The van der Waals surface area contributed by atoms with Crippen LogP contribution in [0.2, 0.25) is 0 Å². The van der Waals surface area contributed by atoms with Gasteiger partial charge >= 0.3 is 0 Å². The first kappa shape index (κ1) is 39.1. The van der Waals surface area contributed by atoms with Crippen molar-refractivity contribution in [2.45, 2.75) is 0 Å². The molecule has 13 aromatic rings. The van der Waals surface area contributed by atoms with E-state index < -0.39 is 0 Å². The number of rotatable bonds is 8. The minimum atomic E-state index is 0.535. The molecule has 7 heteroatoms. The molecule has 4 heterocycles. The van der Waals surface area contributed by atoms with E-state index >= 15 is 0 Å². The third kappa shape index (κ3) is 7.16. The molecule has 0 N–H and O–H groups in total. The molecule has 4 aromatic heterocycles. The lowest BCUT2D eigenvalue weighted by atomic mass is 9.98. The summed E-state index contributed by atoms with van der Waals surface area (Å²) in [4.78, 5) is 25.7.